The maximum absolute atomic E-state index is 12.9. The molecule has 0 atom stereocenters. The van der Waals surface area contributed by atoms with E-state index in [0.29, 0.717) is 0 Å². The molecule has 3 aliphatic rings. The third-order valence-electron chi connectivity index (χ3n) is 6.88. The number of piperidine rings is 2. The molecule has 0 aliphatic carbocycles. The van der Waals surface area contributed by atoms with Crippen molar-refractivity contribution in [3.63, 3.8) is 0 Å². The van der Waals surface area contributed by atoms with Gasteiger partial charge in [0.05, 0.1) is 0 Å². The standard InChI is InChI=1S/C21H33N5O/c1-23-12-7-21(8-13-23)17-26(15-14-24(21)2)19-16-18(6-9-22-19)20(27)25-10-4-3-5-11-25/h6,9,16H,3-5,7-8,10-15,17H2,1-2H3. The van der Waals surface area contributed by atoms with Gasteiger partial charge in [-0.15, -0.1) is 0 Å². The molecule has 4 heterocycles. The minimum Gasteiger partial charge on any atom is -0.353 e. The Labute approximate surface area is 163 Å². The Kier molecular flexibility index (Phi) is 5.37. The van der Waals surface area contributed by atoms with Gasteiger partial charge in [-0.2, -0.15) is 0 Å². The second-order valence-electron chi connectivity index (χ2n) is 8.63. The number of likely N-dealkylation sites (tertiary alicyclic amines) is 2. The summed E-state index contributed by atoms with van der Waals surface area (Å²) in [5.41, 5.74) is 1.03. The van der Waals surface area contributed by atoms with E-state index < -0.39 is 0 Å². The molecule has 0 radical (unpaired) electrons. The van der Waals surface area contributed by atoms with Crippen LogP contribution in [0.25, 0.3) is 0 Å². The van der Waals surface area contributed by atoms with Gasteiger partial charge in [-0.25, -0.2) is 4.98 Å². The van der Waals surface area contributed by atoms with Gasteiger partial charge >= 0.3 is 0 Å². The Morgan fingerprint density at radius 1 is 1.00 bits per heavy atom. The average Bonchev–Trinajstić information content (AvgIpc) is 2.72. The van der Waals surface area contributed by atoms with Gasteiger partial charge in [-0.3, -0.25) is 9.69 Å². The van der Waals surface area contributed by atoms with Crippen molar-refractivity contribution >= 4 is 11.7 Å². The van der Waals surface area contributed by atoms with Crippen LogP contribution in [0, 0.1) is 0 Å². The van der Waals surface area contributed by atoms with Gasteiger partial charge in [0.15, 0.2) is 0 Å². The number of anilines is 1. The molecule has 1 spiro atoms. The molecule has 27 heavy (non-hydrogen) atoms. The summed E-state index contributed by atoms with van der Waals surface area (Å²) in [6, 6.07) is 3.90. The molecule has 6 nitrogen and oxygen atoms in total. The predicted molar refractivity (Wildman–Crippen MR) is 108 cm³/mol. The van der Waals surface area contributed by atoms with Gasteiger partial charge in [0.25, 0.3) is 5.91 Å². The third kappa shape index (κ3) is 3.83. The summed E-state index contributed by atoms with van der Waals surface area (Å²) in [7, 11) is 4.48. The molecule has 4 rings (SSSR count). The predicted octanol–water partition coefficient (Wildman–Crippen LogP) is 1.92. The van der Waals surface area contributed by atoms with Crippen molar-refractivity contribution in [2.45, 2.75) is 37.6 Å². The monoisotopic (exact) mass is 371 g/mol. The molecule has 0 aromatic carbocycles. The molecule has 148 valence electrons. The number of hydrogen-bond donors (Lipinski definition) is 0. The highest BCUT2D eigenvalue weighted by atomic mass is 16.2. The molecule has 1 aromatic heterocycles. The molecule has 3 aliphatic heterocycles. The largest absolute Gasteiger partial charge is 0.353 e. The van der Waals surface area contributed by atoms with Gasteiger partial charge in [0.1, 0.15) is 5.82 Å². The SMILES string of the molecule is CN1CCC2(CC1)CN(c1cc(C(=O)N3CCCCC3)ccn1)CCN2C. The lowest BCUT2D eigenvalue weighted by Gasteiger charge is -2.53. The van der Waals surface area contributed by atoms with E-state index in [4.69, 9.17) is 0 Å². The lowest BCUT2D eigenvalue weighted by molar-refractivity contribution is 0.0383. The summed E-state index contributed by atoms with van der Waals surface area (Å²) in [5, 5.41) is 0. The Balaban J connectivity index is 1.50. The zero-order chi connectivity index (χ0) is 18.9. The topological polar surface area (TPSA) is 42.9 Å². The van der Waals surface area contributed by atoms with Gasteiger partial charge < -0.3 is 14.7 Å². The van der Waals surface area contributed by atoms with E-state index in [2.05, 4.69) is 33.8 Å². The number of carbonyl (C=O) groups excluding carboxylic acids is 1. The second-order valence-corrected chi connectivity index (χ2v) is 8.63. The quantitative estimate of drug-likeness (QED) is 0.795. The van der Waals surface area contributed by atoms with Crippen LogP contribution >= 0.6 is 0 Å². The number of hydrogen-bond acceptors (Lipinski definition) is 5. The molecule has 3 fully saturated rings. The van der Waals surface area contributed by atoms with Crippen molar-refractivity contribution in [2.75, 3.05) is 64.8 Å². The average molecular weight is 372 g/mol. The molecule has 3 saturated heterocycles. The third-order valence-corrected chi connectivity index (χ3v) is 6.88. The Hall–Kier alpha value is -1.66. The number of likely N-dealkylation sites (N-methyl/N-ethyl adjacent to an activating group) is 1. The van der Waals surface area contributed by atoms with E-state index in [1.54, 1.807) is 0 Å². The first-order valence-electron chi connectivity index (χ1n) is 10.5. The molecular weight excluding hydrogens is 338 g/mol. The smallest absolute Gasteiger partial charge is 0.254 e. The fourth-order valence-corrected chi connectivity index (χ4v) is 4.84. The number of carbonyl (C=O) groups is 1. The van der Waals surface area contributed by atoms with E-state index in [9.17, 15) is 4.79 Å². The first kappa shape index (κ1) is 18.7. The van der Waals surface area contributed by atoms with Crippen molar-refractivity contribution < 1.29 is 4.79 Å². The first-order chi connectivity index (χ1) is 13.1. The Morgan fingerprint density at radius 2 is 1.74 bits per heavy atom. The van der Waals surface area contributed by atoms with Crippen LogP contribution in [0.4, 0.5) is 5.82 Å². The number of piperazine rings is 1. The number of amides is 1. The highest BCUT2D eigenvalue weighted by Crippen LogP contribution is 2.33. The van der Waals surface area contributed by atoms with Crippen molar-refractivity contribution in [2.24, 2.45) is 0 Å². The molecule has 0 N–H and O–H groups in total. The summed E-state index contributed by atoms with van der Waals surface area (Å²) in [5.74, 6) is 1.13. The lowest BCUT2D eigenvalue weighted by atomic mass is 9.84. The van der Waals surface area contributed by atoms with E-state index in [1.807, 2.05) is 23.2 Å². The van der Waals surface area contributed by atoms with Crippen LogP contribution < -0.4 is 4.90 Å². The molecule has 1 aromatic rings. The van der Waals surface area contributed by atoms with Gasteiger partial charge in [0, 0.05) is 50.0 Å². The highest BCUT2D eigenvalue weighted by Gasteiger charge is 2.42. The number of pyridine rings is 1. The minimum atomic E-state index is 0.168. The van der Waals surface area contributed by atoms with Crippen molar-refractivity contribution in [1.29, 1.82) is 0 Å². The Morgan fingerprint density at radius 3 is 2.48 bits per heavy atom. The van der Waals surface area contributed by atoms with Crippen LogP contribution in [-0.2, 0) is 0 Å². The van der Waals surface area contributed by atoms with Gasteiger partial charge in [0.2, 0.25) is 0 Å². The van der Waals surface area contributed by atoms with Crippen LogP contribution in [0.1, 0.15) is 42.5 Å². The zero-order valence-electron chi connectivity index (χ0n) is 16.9. The van der Waals surface area contributed by atoms with Crippen LogP contribution in [-0.4, -0.2) is 91.0 Å². The van der Waals surface area contributed by atoms with E-state index in [1.165, 1.54) is 19.3 Å². The summed E-state index contributed by atoms with van der Waals surface area (Å²) >= 11 is 0. The normalized spacial score (nSPS) is 24.4. The molecule has 0 saturated carbocycles. The minimum absolute atomic E-state index is 0.168. The zero-order valence-corrected chi connectivity index (χ0v) is 16.9. The summed E-state index contributed by atoms with van der Waals surface area (Å²) in [4.78, 5) is 26.9. The fraction of sp³-hybridized carbons (Fsp3) is 0.714. The summed E-state index contributed by atoms with van der Waals surface area (Å²) < 4.78 is 0. The maximum atomic E-state index is 12.9. The molecule has 0 unspecified atom stereocenters. The second kappa shape index (κ2) is 7.76. The van der Waals surface area contributed by atoms with Crippen molar-refractivity contribution in [1.82, 2.24) is 19.7 Å². The highest BCUT2D eigenvalue weighted by molar-refractivity contribution is 5.94. The first-order valence-corrected chi connectivity index (χ1v) is 10.5. The van der Waals surface area contributed by atoms with Gasteiger partial charge in [-0.1, -0.05) is 0 Å². The van der Waals surface area contributed by atoms with E-state index in [-0.39, 0.29) is 11.4 Å². The molecule has 0 bridgehead atoms. The van der Waals surface area contributed by atoms with Crippen LogP contribution in [0.2, 0.25) is 0 Å². The lowest BCUT2D eigenvalue weighted by Crippen LogP contribution is -2.64. The fourth-order valence-electron chi connectivity index (χ4n) is 4.84. The summed E-state index contributed by atoms with van der Waals surface area (Å²) in [6.07, 6.45) is 7.69. The summed E-state index contributed by atoms with van der Waals surface area (Å²) in [6.45, 7) is 7.12. The molecular formula is C21H33N5O. The molecule has 6 heteroatoms. The van der Waals surface area contributed by atoms with Crippen LogP contribution in [0.3, 0.4) is 0 Å². The van der Waals surface area contributed by atoms with Crippen molar-refractivity contribution in [3.8, 4) is 0 Å². The van der Waals surface area contributed by atoms with Crippen LogP contribution in [0.5, 0.6) is 0 Å². The van der Waals surface area contributed by atoms with E-state index >= 15 is 0 Å². The number of rotatable bonds is 2. The Bertz CT molecular complexity index is 664. The van der Waals surface area contributed by atoms with Crippen LogP contribution in [0.15, 0.2) is 18.3 Å². The number of aromatic nitrogens is 1. The number of nitrogens with zero attached hydrogens (tertiary/aromatic N) is 5. The molecule has 1 amide bonds. The van der Waals surface area contributed by atoms with Crippen molar-refractivity contribution in [3.05, 3.63) is 23.9 Å². The maximum Gasteiger partial charge on any atom is 0.254 e. The van der Waals surface area contributed by atoms with Gasteiger partial charge in [-0.05, 0) is 71.4 Å². The van der Waals surface area contributed by atoms with E-state index in [0.717, 1.165) is 70.0 Å².